The Balaban J connectivity index is 3.92. The molecule has 0 aliphatic rings. The molecule has 0 aliphatic heterocycles. The van der Waals surface area contributed by atoms with Gasteiger partial charge in [-0.3, -0.25) is 4.79 Å². The normalized spacial score (nSPS) is 11.8. The van der Waals surface area contributed by atoms with Gasteiger partial charge in [-0.05, 0) is 6.42 Å². The second-order valence-electron chi connectivity index (χ2n) is 3.52. The molecule has 1 amide bonds. The highest BCUT2D eigenvalue weighted by Gasteiger charge is 2.18. The van der Waals surface area contributed by atoms with E-state index in [-0.39, 0.29) is 12.5 Å². The fourth-order valence-corrected chi connectivity index (χ4v) is 1.20. The molecule has 5 nitrogen and oxygen atoms in total. The summed E-state index contributed by atoms with van der Waals surface area (Å²) in [6.45, 7) is 6.12. The molecule has 0 saturated heterocycles. The molecule has 0 aromatic carbocycles. The average Bonchev–Trinajstić information content (AvgIpc) is 2.24. The van der Waals surface area contributed by atoms with E-state index in [0.29, 0.717) is 13.0 Å². The summed E-state index contributed by atoms with van der Waals surface area (Å²) in [4.78, 5) is 22.1. The van der Waals surface area contributed by atoms with Crippen LogP contribution in [-0.4, -0.2) is 36.1 Å². The van der Waals surface area contributed by atoms with Gasteiger partial charge in [0.05, 0.1) is 6.54 Å². The van der Waals surface area contributed by atoms with Gasteiger partial charge in [-0.2, -0.15) is 0 Å². The van der Waals surface area contributed by atoms with E-state index >= 15 is 0 Å². The molecule has 5 heteroatoms. The Labute approximate surface area is 95.9 Å². The van der Waals surface area contributed by atoms with Gasteiger partial charge in [0.25, 0.3) is 0 Å². The van der Waals surface area contributed by atoms with E-state index in [1.54, 1.807) is 6.08 Å². The fourth-order valence-electron chi connectivity index (χ4n) is 1.20. The zero-order valence-electron chi connectivity index (χ0n) is 9.66. The minimum atomic E-state index is -0.981. The molecule has 3 N–H and O–H groups in total. The van der Waals surface area contributed by atoms with Crippen molar-refractivity contribution in [3.05, 3.63) is 12.7 Å². The van der Waals surface area contributed by atoms with Crippen LogP contribution in [0.3, 0.4) is 0 Å². The van der Waals surface area contributed by atoms with E-state index in [9.17, 15) is 9.59 Å². The number of hydrogen-bond acceptors (Lipinski definition) is 3. The molecule has 1 atom stereocenters. The number of carbonyl (C=O) groups excluding carboxylic acids is 1. The zero-order chi connectivity index (χ0) is 12.4. The maximum atomic E-state index is 11.3. The van der Waals surface area contributed by atoms with Crippen molar-refractivity contribution in [3.8, 4) is 0 Å². The third-order valence-corrected chi connectivity index (χ3v) is 2.05. The Bertz CT molecular complexity index is 241. The van der Waals surface area contributed by atoms with Crippen molar-refractivity contribution in [3.63, 3.8) is 0 Å². The van der Waals surface area contributed by atoms with Gasteiger partial charge in [-0.15, -0.1) is 6.58 Å². The summed E-state index contributed by atoms with van der Waals surface area (Å²) in [5.74, 6) is -1.28. The number of carboxylic acids is 1. The van der Waals surface area contributed by atoms with E-state index in [4.69, 9.17) is 5.11 Å². The first-order chi connectivity index (χ1) is 7.61. The Hall–Kier alpha value is -1.36. The van der Waals surface area contributed by atoms with Gasteiger partial charge in [0, 0.05) is 6.54 Å². The molecule has 0 heterocycles. The number of hydrogen-bond donors (Lipinski definition) is 3. The Morgan fingerprint density at radius 3 is 2.69 bits per heavy atom. The largest absolute Gasteiger partial charge is 0.480 e. The van der Waals surface area contributed by atoms with Gasteiger partial charge in [-0.25, -0.2) is 4.79 Å². The topological polar surface area (TPSA) is 78.4 Å². The predicted molar refractivity (Wildman–Crippen MR) is 62.2 cm³/mol. The lowest BCUT2D eigenvalue weighted by Crippen LogP contribution is -2.44. The van der Waals surface area contributed by atoms with Crippen molar-refractivity contribution in [1.29, 1.82) is 0 Å². The monoisotopic (exact) mass is 228 g/mol. The van der Waals surface area contributed by atoms with Gasteiger partial charge < -0.3 is 15.7 Å². The highest BCUT2D eigenvalue weighted by molar-refractivity contribution is 5.84. The SMILES string of the molecule is C=CCNCC(=O)NC(CCCC)C(=O)O. The summed E-state index contributed by atoms with van der Waals surface area (Å²) in [5, 5.41) is 14.2. The van der Waals surface area contributed by atoms with Crippen molar-refractivity contribution in [2.45, 2.75) is 32.2 Å². The maximum Gasteiger partial charge on any atom is 0.326 e. The first-order valence-electron chi connectivity index (χ1n) is 5.45. The van der Waals surface area contributed by atoms with Crippen LogP contribution in [0.2, 0.25) is 0 Å². The van der Waals surface area contributed by atoms with E-state index in [2.05, 4.69) is 17.2 Å². The second kappa shape index (κ2) is 8.91. The molecule has 0 radical (unpaired) electrons. The first kappa shape index (κ1) is 14.6. The van der Waals surface area contributed by atoms with Gasteiger partial charge >= 0.3 is 5.97 Å². The van der Waals surface area contributed by atoms with Crippen molar-refractivity contribution in [1.82, 2.24) is 10.6 Å². The summed E-state index contributed by atoms with van der Waals surface area (Å²) >= 11 is 0. The summed E-state index contributed by atoms with van der Waals surface area (Å²) in [6, 6.07) is -0.780. The molecule has 0 aromatic heterocycles. The van der Waals surface area contributed by atoms with Crippen LogP contribution in [0.1, 0.15) is 26.2 Å². The lowest BCUT2D eigenvalue weighted by molar-refractivity contribution is -0.141. The van der Waals surface area contributed by atoms with Crippen LogP contribution in [0.15, 0.2) is 12.7 Å². The molecule has 0 aromatic rings. The van der Waals surface area contributed by atoms with Crippen LogP contribution in [-0.2, 0) is 9.59 Å². The van der Waals surface area contributed by atoms with Crippen molar-refractivity contribution >= 4 is 11.9 Å². The van der Waals surface area contributed by atoms with Crippen LogP contribution >= 0.6 is 0 Å². The van der Waals surface area contributed by atoms with Crippen LogP contribution < -0.4 is 10.6 Å². The molecular formula is C11H20N2O3. The minimum absolute atomic E-state index is 0.113. The van der Waals surface area contributed by atoms with Gasteiger partial charge in [-0.1, -0.05) is 25.8 Å². The number of amides is 1. The Morgan fingerprint density at radius 2 is 2.19 bits per heavy atom. The molecule has 1 unspecified atom stereocenters. The van der Waals surface area contributed by atoms with Crippen LogP contribution in [0, 0.1) is 0 Å². The Morgan fingerprint density at radius 1 is 1.50 bits per heavy atom. The van der Waals surface area contributed by atoms with Crippen LogP contribution in [0.4, 0.5) is 0 Å². The molecule has 0 aliphatic carbocycles. The predicted octanol–water partition coefficient (Wildman–Crippen LogP) is 0.522. The van der Waals surface area contributed by atoms with Gasteiger partial charge in [0.15, 0.2) is 0 Å². The quantitative estimate of drug-likeness (QED) is 0.397. The van der Waals surface area contributed by atoms with Gasteiger partial charge in [0.2, 0.25) is 5.91 Å². The van der Waals surface area contributed by atoms with Crippen molar-refractivity contribution < 1.29 is 14.7 Å². The molecular weight excluding hydrogens is 208 g/mol. The van der Waals surface area contributed by atoms with E-state index in [1.807, 2.05) is 6.92 Å². The number of aliphatic carboxylic acids is 1. The molecule has 0 fully saturated rings. The number of nitrogens with one attached hydrogen (secondary N) is 2. The first-order valence-corrected chi connectivity index (χ1v) is 5.45. The lowest BCUT2D eigenvalue weighted by Gasteiger charge is -2.14. The smallest absolute Gasteiger partial charge is 0.326 e. The number of unbranched alkanes of at least 4 members (excludes halogenated alkanes) is 1. The summed E-state index contributed by atoms with van der Waals surface area (Å²) < 4.78 is 0. The van der Waals surface area contributed by atoms with E-state index in [0.717, 1.165) is 12.8 Å². The number of carbonyl (C=O) groups is 2. The minimum Gasteiger partial charge on any atom is -0.480 e. The maximum absolute atomic E-state index is 11.3. The zero-order valence-corrected chi connectivity index (χ0v) is 9.66. The van der Waals surface area contributed by atoms with E-state index < -0.39 is 12.0 Å². The molecule has 92 valence electrons. The molecule has 0 bridgehead atoms. The van der Waals surface area contributed by atoms with E-state index in [1.165, 1.54) is 0 Å². The fraction of sp³-hybridized carbons (Fsp3) is 0.636. The summed E-state index contributed by atoms with van der Waals surface area (Å²) in [6.07, 6.45) is 3.81. The molecule has 16 heavy (non-hydrogen) atoms. The number of carboxylic acid groups (broad SMARTS) is 1. The number of rotatable bonds is 9. The Kier molecular flexibility index (Phi) is 8.15. The summed E-state index contributed by atoms with van der Waals surface area (Å²) in [7, 11) is 0. The third kappa shape index (κ3) is 7.00. The second-order valence-corrected chi connectivity index (χ2v) is 3.52. The molecule has 0 rings (SSSR count). The highest BCUT2D eigenvalue weighted by atomic mass is 16.4. The third-order valence-electron chi connectivity index (χ3n) is 2.05. The average molecular weight is 228 g/mol. The molecule has 0 spiro atoms. The highest BCUT2D eigenvalue weighted by Crippen LogP contribution is 2.00. The van der Waals surface area contributed by atoms with Gasteiger partial charge in [0.1, 0.15) is 6.04 Å². The standard InChI is InChI=1S/C11H20N2O3/c1-3-5-6-9(11(15)16)13-10(14)8-12-7-4-2/h4,9,12H,2-3,5-8H2,1H3,(H,13,14)(H,15,16). The van der Waals surface area contributed by atoms with Crippen LogP contribution in [0.5, 0.6) is 0 Å². The molecule has 0 saturated carbocycles. The summed E-state index contributed by atoms with van der Waals surface area (Å²) in [5.41, 5.74) is 0. The van der Waals surface area contributed by atoms with Crippen LogP contribution in [0.25, 0.3) is 0 Å². The van der Waals surface area contributed by atoms with Crippen molar-refractivity contribution in [2.24, 2.45) is 0 Å². The lowest BCUT2D eigenvalue weighted by atomic mass is 10.1. The van der Waals surface area contributed by atoms with Crippen molar-refractivity contribution in [2.75, 3.05) is 13.1 Å².